The summed E-state index contributed by atoms with van der Waals surface area (Å²) in [6, 6.07) is 28.9. The molecule has 7 rings (SSSR count). The molecular weight excluding hydrogens is 428 g/mol. The number of ketones is 1. The first-order chi connectivity index (χ1) is 16.1. The van der Waals surface area contributed by atoms with Gasteiger partial charge in [-0.25, -0.2) is 0 Å². The highest BCUT2D eigenvalue weighted by molar-refractivity contribution is 8.17. The van der Waals surface area contributed by atoms with Crippen LogP contribution in [0.15, 0.2) is 99.6 Å². The number of Topliss-reactive ketones (excluding diaryl/α,β-unsaturated/α-hetero) is 1. The van der Waals surface area contributed by atoms with Crippen LogP contribution in [0, 0.1) is 23.2 Å². The van der Waals surface area contributed by atoms with Crippen molar-refractivity contribution in [2.75, 3.05) is 0 Å². The van der Waals surface area contributed by atoms with Gasteiger partial charge in [-0.3, -0.25) is 9.59 Å². The lowest BCUT2D eigenvalue weighted by atomic mass is 9.49. The number of rotatable bonds is 5. The molecule has 2 atom stereocenters. The minimum Gasteiger partial charge on any atom is -0.425 e. The van der Waals surface area contributed by atoms with E-state index in [-0.39, 0.29) is 17.8 Å². The first-order valence-electron chi connectivity index (χ1n) is 11.9. The molecule has 4 saturated carbocycles. The van der Waals surface area contributed by atoms with Crippen LogP contribution in [0.2, 0.25) is 0 Å². The topological polar surface area (TPSA) is 43.4 Å². The molecule has 4 heteroatoms. The zero-order valence-electron chi connectivity index (χ0n) is 18.5. The molecule has 0 saturated heterocycles. The van der Waals surface area contributed by atoms with Gasteiger partial charge in [-0.1, -0.05) is 48.5 Å². The molecule has 4 aliphatic carbocycles. The number of carbonyl (C=O) groups excluding carboxylic acids is 2. The summed E-state index contributed by atoms with van der Waals surface area (Å²) >= 11 is 0. The molecule has 168 valence electrons. The van der Waals surface area contributed by atoms with E-state index in [1.54, 1.807) is 0 Å². The fourth-order valence-electron chi connectivity index (χ4n) is 6.51. The summed E-state index contributed by atoms with van der Waals surface area (Å²) in [5.74, 6) is 1.54. The van der Waals surface area contributed by atoms with Crippen molar-refractivity contribution in [3.8, 4) is 5.75 Å². The third kappa shape index (κ3) is 3.61. The second-order valence-corrected chi connectivity index (χ2v) is 12.1. The van der Waals surface area contributed by atoms with E-state index in [1.165, 1.54) is 9.79 Å². The molecule has 0 aromatic heterocycles. The fraction of sp³-hybridized carbons (Fsp3) is 0.310. The van der Waals surface area contributed by atoms with Crippen LogP contribution in [-0.4, -0.2) is 11.8 Å². The van der Waals surface area contributed by atoms with Gasteiger partial charge in [-0.2, -0.15) is 10.9 Å². The first kappa shape index (κ1) is 20.7. The van der Waals surface area contributed by atoms with Crippen molar-refractivity contribution in [1.29, 1.82) is 0 Å². The Labute approximate surface area is 197 Å². The lowest BCUT2D eigenvalue weighted by Crippen LogP contribution is -2.55. The highest BCUT2D eigenvalue weighted by atomic mass is 32.2. The first-order valence-corrected chi connectivity index (χ1v) is 13.2. The number of ether oxygens (including phenoxy) is 1. The predicted molar refractivity (Wildman–Crippen MR) is 130 cm³/mol. The zero-order valence-corrected chi connectivity index (χ0v) is 19.4. The highest BCUT2D eigenvalue weighted by Crippen LogP contribution is 2.60. The molecule has 0 radical (unpaired) electrons. The summed E-state index contributed by atoms with van der Waals surface area (Å²) in [6.07, 6.45) is 4.15. The van der Waals surface area contributed by atoms with Crippen LogP contribution in [0.25, 0.3) is 0 Å². The van der Waals surface area contributed by atoms with Gasteiger partial charge in [0.2, 0.25) is 0 Å². The fourth-order valence-corrected chi connectivity index (χ4v) is 8.89. The van der Waals surface area contributed by atoms with E-state index in [2.05, 4.69) is 54.6 Å². The predicted octanol–water partition coefficient (Wildman–Crippen LogP) is 6.47. The molecule has 33 heavy (non-hydrogen) atoms. The Bertz CT molecular complexity index is 1130. The Kier molecular flexibility index (Phi) is 5.14. The summed E-state index contributed by atoms with van der Waals surface area (Å²) < 4.78 is 6.26. The monoisotopic (exact) mass is 456 g/mol. The molecule has 3 nitrogen and oxygen atoms in total. The Morgan fingerprint density at radius 2 is 1.30 bits per heavy atom. The summed E-state index contributed by atoms with van der Waals surface area (Å²) in [7, 11) is -0.869. The number of esters is 1. The second kappa shape index (κ2) is 8.18. The van der Waals surface area contributed by atoms with Gasteiger partial charge in [0.25, 0.3) is 0 Å². The SMILES string of the molecule is O=C1C2CC3CC1CC(C(=O)Oc1ccccc1[SH](c1ccccc1)c1ccccc1)(C3)C2. The molecule has 0 aliphatic heterocycles. The van der Waals surface area contributed by atoms with Gasteiger partial charge >= 0.3 is 5.97 Å². The molecule has 4 bridgehead atoms. The average Bonchev–Trinajstić information content (AvgIpc) is 2.84. The molecule has 3 aromatic carbocycles. The second-order valence-electron chi connectivity index (χ2n) is 9.89. The Hall–Kier alpha value is -2.85. The molecule has 0 amide bonds. The van der Waals surface area contributed by atoms with E-state index >= 15 is 0 Å². The number of para-hydroxylation sites is 1. The maximum atomic E-state index is 13.7. The lowest BCUT2D eigenvalue weighted by Gasteiger charge is -2.53. The standard InChI is InChI=1S/C29H28O3S/c30-27-21-15-20-16-22(27)19-29(17-20,18-21)28(31)32-25-13-7-8-14-26(25)33(23-9-3-1-4-10-23)24-11-5-2-6-12-24/h1-14,20-22,33H,15-19H2. The quantitative estimate of drug-likeness (QED) is 0.272. The molecule has 4 aliphatic rings. The van der Waals surface area contributed by atoms with Crippen LogP contribution in [0.3, 0.4) is 0 Å². The number of carbonyl (C=O) groups is 2. The van der Waals surface area contributed by atoms with Crippen molar-refractivity contribution < 1.29 is 14.3 Å². The number of benzene rings is 3. The number of thiol groups is 1. The third-order valence-electron chi connectivity index (χ3n) is 7.76. The maximum Gasteiger partial charge on any atom is 0.317 e. The van der Waals surface area contributed by atoms with Gasteiger partial charge < -0.3 is 4.74 Å². The summed E-state index contributed by atoms with van der Waals surface area (Å²) in [5, 5.41) is 0. The molecular formula is C29H28O3S. The summed E-state index contributed by atoms with van der Waals surface area (Å²) in [5.41, 5.74) is -0.486. The zero-order chi connectivity index (χ0) is 22.4. The maximum absolute atomic E-state index is 13.7. The number of hydrogen-bond donors (Lipinski definition) is 1. The van der Waals surface area contributed by atoms with Gasteiger partial charge in [0.05, 0.1) is 5.41 Å². The van der Waals surface area contributed by atoms with Crippen molar-refractivity contribution >= 4 is 22.6 Å². The Morgan fingerprint density at radius 1 is 0.758 bits per heavy atom. The van der Waals surface area contributed by atoms with Crippen molar-refractivity contribution in [3.05, 3.63) is 84.9 Å². The van der Waals surface area contributed by atoms with E-state index in [4.69, 9.17) is 4.74 Å². The van der Waals surface area contributed by atoms with Crippen LogP contribution >= 0.6 is 10.9 Å². The highest BCUT2D eigenvalue weighted by Gasteiger charge is 2.59. The van der Waals surface area contributed by atoms with Crippen molar-refractivity contribution in [2.45, 2.75) is 46.8 Å². The molecule has 0 heterocycles. The van der Waals surface area contributed by atoms with Crippen LogP contribution in [0.4, 0.5) is 0 Å². The van der Waals surface area contributed by atoms with E-state index in [1.807, 2.05) is 30.3 Å². The lowest BCUT2D eigenvalue weighted by molar-refractivity contribution is -0.167. The molecule has 0 N–H and O–H groups in total. The van der Waals surface area contributed by atoms with Crippen LogP contribution in [0.1, 0.15) is 32.1 Å². The van der Waals surface area contributed by atoms with Crippen LogP contribution in [-0.2, 0) is 9.59 Å². The van der Waals surface area contributed by atoms with Crippen LogP contribution in [0.5, 0.6) is 5.75 Å². The van der Waals surface area contributed by atoms with E-state index in [0.29, 0.717) is 30.3 Å². The van der Waals surface area contributed by atoms with Gasteiger partial charge in [0.1, 0.15) is 11.5 Å². The van der Waals surface area contributed by atoms with E-state index < -0.39 is 16.3 Å². The minimum absolute atomic E-state index is 0.0600. The smallest absolute Gasteiger partial charge is 0.317 e. The van der Waals surface area contributed by atoms with Gasteiger partial charge in [-0.05, 0) is 84.2 Å². The Balaban J connectivity index is 1.36. The molecule has 4 fully saturated rings. The average molecular weight is 457 g/mol. The third-order valence-corrected chi connectivity index (χ3v) is 10.2. The number of hydrogen-bond acceptors (Lipinski definition) is 3. The van der Waals surface area contributed by atoms with E-state index in [9.17, 15) is 9.59 Å². The molecule has 2 unspecified atom stereocenters. The Morgan fingerprint density at radius 3 is 1.91 bits per heavy atom. The van der Waals surface area contributed by atoms with Crippen molar-refractivity contribution in [3.63, 3.8) is 0 Å². The van der Waals surface area contributed by atoms with Crippen molar-refractivity contribution in [2.24, 2.45) is 23.2 Å². The van der Waals surface area contributed by atoms with Crippen LogP contribution < -0.4 is 4.74 Å². The minimum atomic E-state index is -0.869. The largest absolute Gasteiger partial charge is 0.425 e. The molecule has 0 spiro atoms. The normalized spacial score (nSPS) is 27.9. The van der Waals surface area contributed by atoms with Crippen molar-refractivity contribution in [1.82, 2.24) is 0 Å². The van der Waals surface area contributed by atoms with Gasteiger partial charge in [0.15, 0.2) is 0 Å². The van der Waals surface area contributed by atoms with E-state index in [0.717, 1.165) is 24.2 Å². The molecule has 3 aromatic rings. The van der Waals surface area contributed by atoms with Gasteiger partial charge in [-0.15, -0.1) is 0 Å². The summed E-state index contributed by atoms with van der Waals surface area (Å²) in [6.45, 7) is 0. The van der Waals surface area contributed by atoms with Gasteiger partial charge in [0, 0.05) is 16.7 Å². The summed E-state index contributed by atoms with van der Waals surface area (Å²) in [4.78, 5) is 29.8.